The summed E-state index contributed by atoms with van der Waals surface area (Å²) in [4.78, 5) is 28.0. The van der Waals surface area contributed by atoms with Crippen LogP contribution in [0.2, 0.25) is 0 Å². The molecule has 2 amide bonds. The Kier molecular flexibility index (Phi) is 4.80. The lowest BCUT2D eigenvalue weighted by molar-refractivity contribution is -0.141. The van der Waals surface area contributed by atoms with Crippen molar-refractivity contribution in [1.82, 2.24) is 4.90 Å². The second kappa shape index (κ2) is 6.84. The molecule has 130 valence electrons. The molecule has 2 aliphatic rings. The first-order chi connectivity index (χ1) is 11.5. The number of benzene rings is 1. The van der Waals surface area contributed by atoms with Crippen LogP contribution in [0.4, 0.5) is 14.5 Å². The summed E-state index contributed by atoms with van der Waals surface area (Å²) < 4.78 is 26.7. The molecule has 3 rings (SSSR count). The number of nitrogens with zero attached hydrogens (tertiary/aromatic N) is 2. The van der Waals surface area contributed by atoms with E-state index in [1.807, 2.05) is 0 Å². The number of aliphatic hydroxyl groups is 1. The van der Waals surface area contributed by atoms with Gasteiger partial charge in [0.2, 0.25) is 11.8 Å². The summed E-state index contributed by atoms with van der Waals surface area (Å²) >= 11 is 0. The van der Waals surface area contributed by atoms with Crippen LogP contribution in [0, 0.1) is 23.5 Å². The number of aliphatic hydroxyl groups excluding tert-OH is 1. The number of carbonyl (C=O) groups excluding carboxylic acids is 2. The molecule has 1 N–H and O–H groups in total. The van der Waals surface area contributed by atoms with Crippen LogP contribution in [-0.4, -0.2) is 48.1 Å². The van der Waals surface area contributed by atoms with Crippen LogP contribution in [0.1, 0.15) is 19.3 Å². The second-order valence-corrected chi connectivity index (χ2v) is 6.41. The Morgan fingerprint density at radius 2 is 1.71 bits per heavy atom. The first-order valence-electron chi connectivity index (χ1n) is 8.16. The van der Waals surface area contributed by atoms with E-state index in [1.54, 1.807) is 4.90 Å². The molecule has 1 atom stereocenters. The molecule has 0 bridgehead atoms. The summed E-state index contributed by atoms with van der Waals surface area (Å²) in [5.41, 5.74) is 0.145. The molecule has 0 saturated carbocycles. The highest BCUT2D eigenvalue weighted by atomic mass is 19.1. The van der Waals surface area contributed by atoms with Gasteiger partial charge in [0.15, 0.2) is 0 Å². The van der Waals surface area contributed by atoms with E-state index in [0.29, 0.717) is 19.5 Å². The summed E-state index contributed by atoms with van der Waals surface area (Å²) in [5, 5.41) is 9.15. The summed E-state index contributed by atoms with van der Waals surface area (Å²) in [6.07, 6.45) is 1.79. The van der Waals surface area contributed by atoms with Crippen molar-refractivity contribution in [3.05, 3.63) is 29.8 Å². The van der Waals surface area contributed by atoms with Gasteiger partial charge >= 0.3 is 0 Å². The third-order valence-corrected chi connectivity index (χ3v) is 4.85. The highest BCUT2D eigenvalue weighted by molar-refractivity contribution is 6.09. The number of amides is 2. The Balaban J connectivity index is 1.68. The fraction of sp³-hybridized carbons (Fsp3) is 0.529. The van der Waals surface area contributed by atoms with Gasteiger partial charge in [-0.3, -0.25) is 9.59 Å². The highest BCUT2D eigenvalue weighted by Gasteiger charge is 2.40. The number of rotatable bonds is 3. The normalized spacial score (nSPS) is 22.3. The predicted octanol–water partition coefficient (Wildman–Crippen LogP) is 1.55. The summed E-state index contributed by atoms with van der Waals surface area (Å²) in [6.45, 7) is 1.44. The van der Waals surface area contributed by atoms with E-state index in [4.69, 9.17) is 5.11 Å². The fourth-order valence-corrected chi connectivity index (χ4v) is 3.42. The lowest BCUT2D eigenvalue weighted by atomic mass is 9.96. The molecule has 0 spiro atoms. The molecule has 7 heteroatoms. The van der Waals surface area contributed by atoms with Crippen molar-refractivity contribution in [3.63, 3.8) is 0 Å². The standard InChI is InChI=1S/C17H20F2N2O3/c18-12-7-13(19)9-14(8-12)21-6-3-15(17(21)24)16(23)20-4-1-11(10-22)2-5-20/h7-9,11,15,22H,1-6,10H2. The minimum atomic E-state index is -0.790. The average molecular weight is 338 g/mol. The SMILES string of the molecule is O=C(C1CCN(c2cc(F)cc(F)c2)C1=O)N1CCC(CO)CC1. The van der Waals surface area contributed by atoms with E-state index in [0.717, 1.165) is 31.0 Å². The number of likely N-dealkylation sites (tertiary alicyclic amines) is 1. The minimum absolute atomic E-state index is 0.114. The van der Waals surface area contributed by atoms with Gasteiger partial charge in [-0.1, -0.05) is 0 Å². The number of hydrogen-bond donors (Lipinski definition) is 1. The van der Waals surface area contributed by atoms with Crippen LogP contribution in [0.5, 0.6) is 0 Å². The maximum absolute atomic E-state index is 13.4. The van der Waals surface area contributed by atoms with E-state index >= 15 is 0 Å². The van der Waals surface area contributed by atoms with Crippen LogP contribution < -0.4 is 4.90 Å². The maximum atomic E-state index is 13.4. The maximum Gasteiger partial charge on any atom is 0.239 e. The van der Waals surface area contributed by atoms with Gasteiger partial charge in [-0.2, -0.15) is 0 Å². The van der Waals surface area contributed by atoms with Crippen molar-refractivity contribution in [2.75, 3.05) is 31.1 Å². The van der Waals surface area contributed by atoms with Crippen molar-refractivity contribution in [2.24, 2.45) is 11.8 Å². The Hall–Kier alpha value is -2.02. The first-order valence-corrected chi connectivity index (χ1v) is 8.16. The quantitative estimate of drug-likeness (QED) is 0.851. The van der Waals surface area contributed by atoms with Gasteiger partial charge in [0.1, 0.15) is 17.6 Å². The average Bonchev–Trinajstić information content (AvgIpc) is 2.95. The molecule has 0 radical (unpaired) electrons. The van der Waals surface area contributed by atoms with E-state index in [-0.39, 0.29) is 30.7 Å². The van der Waals surface area contributed by atoms with Gasteiger partial charge in [-0.15, -0.1) is 0 Å². The zero-order chi connectivity index (χ0) is 17.3. The van der Waals surface area contributed by atoms with Gasteiger partial charge in [0.05, 0.1) is 0 Å². The summed E-state index contributed by atoms with van der Waals surface area (Å²) in [6, 6.07) is 2.94. The van der Waals surface area contributed by atoms with Crippen LogP contribution in [0.15, 0.2) is 18.2 Å². The molecule has 1 unspecified atom stereocenters. The molecule has 2 saturated heterocycles. The molecule has 2 fully saturated rings. The molecule has 0 aliphatic carbocycles. The van der Waals surface area contributed by atoms with Gasteiger partial charge < -0.3 is 14.9 Å². The predicted molar refractivity (Wildman–Crippen MR) is 83.2 cm³/mol. The molecule has 5 nitrogen and oxygen atoms in total. The van der Waals surface area contributed by atoms with Gasteiger partial charge in [0, 0.05) is 38.0 Å². The number of anilines is 1. The van der Waals surface area contributed by atoms with Crippen LogP contribution in [0.25, 0.3) is 0 Å². The zero-order valence-corrected chi connectivity index (χ0v) is 13.3. The Bertz CT molecular complexity index is 624. The smallest absolute Gasteiger partial charge is 0.239 e. The topological polar surface area (TPSA) is 60.9 Å². The monoisotopic (exact) mass is 338 g/mol. The Labute approximate surface area is 138 Å². The number of carbonyl (C=O) groups is 2. The van der Waals surface area contributed by atoms with Crippen LogP contribution in [-0.2, 0) is 9.59 Å². The van der Waals surface area contributed by atoms with Crippen LogP contribution >= 0.6 is 0 Å². The minimum Gasteiger partial charge on any atom is -0.396 e. The van der Waals surface area contributed by atoms with Crippen molar-refractivity contribution >= 4 is 17.5 Å². The highest BCUT2D eigenvalue weighted by Crippen LogP contribution is 2.29. The fourth-order valence-electron chi connectivity index (χ4n) is 3.42. The largest absolute Gasteiger partial charge is 0.396 e. The molecule has 24 heavy (non-hydrogen) atoms. The number of hydrogen-bond acceptors (Lipinski definition) is 3. The molecular weight excluding hydrogens is 318 g/mol. The van der Waals surface area contributed by atoms with Gasteiger partial charge in [0.25, 0.3) is 0 Å². The van der Waals surface area contributed by atoms with E-state index in [1.165, 1.54) is 4.90 Å². The summed E-state index contributed by atoms with van der Waals surface area (Å²) in [5.74, 6) is -2.72. The first kappa shape index (κ1) is 16.8. The van der Waals surface area contributed by atoms with Crippen molar-refractivity contribution < 1.29 is 23.5 Å². The van der Waals surface area contributed by atoms with Crippen LogP contribution in [0.3, 0.4) is 0 Å². The molecule has 2 aliphatic heterocycles. The lowest BCUT2D eigenvalue weighted by Gasteiger charge is -2.32. The van der Waals surface area contributed by atoms with E-state index in [9.17, 15) is 18.4 Å². The van der Waals surface area contributed by atoms with Crippen molar-refractivity contribution in [1.29, 1.82) is 0 Å². The van der Waals surface area contributed by atoms with E-state index in [2.05, 4.69) is 0 Å². The second-order valence-electron chi connectivity index (χ2n) is 6.41. The lowest BCUT2D eigenvalue weighted by Crippen LogP contribution is -2.44. The number of halogens is 2. The van der Waals surface area contributed by atoms with Gasteiger partial charge in [-0.25, -0.2) is 8.78 Å². The Morgan fingerprint density at radius 1 is 1.08 bits per heavy atom. The van der Waals surface area contributed by atoms with Gasteiger partial charge in [-0.05, 0) is 37.3 Å². The molecule has 0 aromatic heterocycles. The van der Waals surface area contributed by atoms with E-state index < -0.39 is 23.5 Å². The van der Waals surface area contributed by atoms with Crippen molar-refractivity contribution in [3.8, 4) is 0 Å². The van der Waals surface area contributed by atoms with Crippen molar-refractivity contribution in [2.45, 2.75) is 19.3 Å². The third kappa shape index (κ3) is 3.26. The molecule has 2 heterocycles. The summed E-state index contributed by atoms with van der Waals surface area (Å²) in [7, 11) is 0. The molecule has 1 aromatic rings. The third-order valence-electron chi connectivity index (χ3n) is 4.85. The molecule has 1 aromatic carbocycles. The molecular formula is C17H20F2N2O3. The number of piperidine rings is 1. The zero-order valence-electron chi connectivity index (χ0n) is 13.3. The Morgan fingerprint density at radius 3 is 2.29 bits per heavy atom.